The summed E-state index contributed by atoms with van der Waals surface area (Å²) in [6, 6.07) is 0. The smallest absolute Gasteiger partial charge is 0.294 e. The lowest BCUT2D eigenvalue weighted by molar-refractivity contribution is -0.788. The average Bonchev–Trinajstić information content (AvgIpc) is 1.97. The lowest BCUT2D eigenvalue weighted by Crippen LogP contribution is -2.25. The van der Waals surface area contributed by atoms with Gasteiger partial charge in [0.15, 0.2) is 0 Å². The van der Waals surface area contributed by atoms with Gasteiger partial charge < -0.3 is 9.68 Å². The molecule has 0 N–H and O–H groups in total. The molecule has 0 saturated heterocycles. The van der Waals surface area contributed by atoms with Crippen LogP contribution in [0.25, 0.3) is 0 Å². The lowest BCUT2D eigenvalue weighted by Gasteiger charge is -2.08. The molecule has 0 aliphatic heterocycles. The molecule has 8 nitrogen and oxygen atoms in total. The van der Waals surface area contributed by atoms with E-state index in [4.69, 9.17) is 0 Å². The molecule has 0 aromatic rings. The maximum absolute atomic E-state index is 9.75. The van der Waals surface area contributed by atoms with Crippen molar-refractivity contribution >= 4 is 15.9 Å². The Balaban J connectivity index is 3.67. The standard InChI is InChI=1S/C3H5BrN2O6/c4-1-3(12-6(9)10)2-11-5(7)8/h3H,1-2H2. The third-order valence-corrected chi connectivity index (χ3v) is 1.50. The van der Waals surface area contributed by atoms with E-state index in [1.165, 1.54) is 0 Å². The normalized spacial score (nSPS) is 11.8. The summed E-state index contributed by atoms with van der Waals surface area (Å²) in [6.07, 6.45) is -0.967. The SMILES string of the molecule is O=[N+]([O-])OCC(CBr)O[N+](=O)[O-]. The summed E-state index contributed by atoms with van der Waals surface area (Å²) in [6.45, 7) is -0.473. The molecule has 70 valence electrons. The minimum atomic E-state index is -1.04. The third kappa shape index (κ3) is 5.65. The molecule has 9 heteroatoms. The van der Waals surface area contributed by atoms with Crippen LogP contribution in [0.15, 0.2) is 0 Å². The number of rotatable bonds is 6. The minimum Gasteiger partial charge on any atom is -0.312 e. The molecule has 0 heterocycles. The van der Waals surface area contributed by atoms with Crippen molar-refractivity contribution in [3.63, 3.8) is 0 Å². The Labute approximate surface area is 74.8 Å². The highest BCUT2D eigenvalue weighted by Gasteiger charge is 2.13. The van der Waals surface area contributed by atoms with Crippen molar-refractivity contribution in [2.75, 3.05) is 11.9 Å². The van der Waals surface area contributed by atoms with Crippen LogP contribution < -0.4 is 0 Å². The Bertz CT molecular complexity index is 174. The zero-order valence-electron chi connectivity index (χ0n) is 5.71. The first-order valence-corrected chi connectivity index (χ1v) is 3.83. The second kappa shape index (κ2) is 5.52. The van der Waals surface area contributed by atoms with E-state index in [1.807, 2.05) is 0 Å². The number of hydrogen-bond donors (Lipinski definition) is 0. The van der Waals surface area contributed by atoms with Crippen molar-refractivity contribution < 1.29 is 19.8 Å². The Morgan fingerprint density at radius 3 is 2.25 bits per heavy atom. The molecule has 0 aliphatic carbocycles. The van der Waals surface area contributed by atoms with Gasteiger partial charge in [-0.15, -0.1) is 20.2 Å². The van der Waals surface area contributed by atoms with Crippen molar-refractivity contribution in [2.45, 2.75) is 6.10 Å². The van der Waals surface area contributed by atoms with Crippen LogP contribution >= 0.6 is 15.9 Å². The maximum atomic E-state index is 9.75. The molecule has 0 rings (SSSR count). The van der Waals surface area contributed by atoms with E-state index in [1.54, 1.807) is 0 Å². The van der Waals surface area contributed by atoms with Crippen LogP contribution in [-0.2, 0) is 9.68 Å². The molecule has 0 aliphatic rings. The van der Waals surface area contributed by atoms with Gasteiger partial charge in [0.25, 0.3) is 10.2 Å². The fourth-order valence-electron chi connectivity index (χ4n) is 0.369. The van der Waals surface area contributed by atoms with Gasteiger partial charge in [0.05, 0.1) is 0 Å². The molecule has 0 spiro atoms. The van der Waals surface area contributed by atoms with Crippen molar-refractivity contribution in [3.8, 4) is 0 Å². The lowest BCUT2D eigenvalue weighted by atomic mass is 10.4. The largest absolute Gasteiger partial charge is 0.312 e. The van der Waals surface area contributed by atoms with Gasteiger partial charge in [-0.3, -0.25) is 0 Å². The zero-order chi connectivity index (χ0) is 9.56. The van der Waals surface area contributed by atoms with E-state index < -0.39 is 22.9 Å². The van der Waals surface area contributed by atoms with E-state index in [2.05, 4.69) is 25.6 Å². The van der Waals surface area contributed by atoms with Crippen molar-refractivity contribution in [1.29, 1.82) is 0 Å². The van der Waals surface area contributed by atoms with Crippen LogP contribution in [0.2, 0.25) is 0 Å². The predicted molar refractivity (Wildman–Crippen MR) is 38.6 cm³/mol. The van der Waals surface area contributed by atoms with Gasteiger partial charge in [0.2, 0.25) is 0 Å². The fourth-order valence-corrected chi connectivity index (χ4v) is 0.674. The van der Waals surface area contributed by atoms with E-state index in [9.17, 15) is 20.2 Å². The molecular formula is C3H5BrN2O6. The Kier molecular flexibility index (Phi) is 5.00. The van der Waals surface area contributed by atoms with Crippen molar-refractivity contribution in [2.24, 2.45) is 0 Å². The highest BCUT2D eigenvalue weighted by atomic mass is 79.9. The number of halogens is 1. The first kappa shape index (κ1) is 10.9. The van der Waals surface area contributed by atoms with E-state index in [0.29, 0.717) is 0 Å². The summed E-state index contributed by atoms with van der Waals surface area (Å²) in [5.74, 6) is 0. The Morgan fingerprint density at radius 1 is 1.33 bits per heavy atom. The molecule has 0 bridgehead atoms. The summed E-state index contributed by atoms with van der Waals surface area (Å²) in [5, 5.41) is 17.4. The van der Waals surface area contributed by atoms with Crippen LogP contribution in [0.1, 0.15) is 0 Å². The molecule has 1 atom stereocenters. The first-order valence-electron chi connectivity index (χ1n) is 2.70. The molecule has 12 heavy (non-hydrogen) atoms. The van der Waals surface area contributed by atoms with Crippen LogP contribution in [0.3, 0.4) is 0 Å². The number of alkyl halides is 1. The molecule has 0 fully saturated rings. The second-order valence-electron chi connectivity index (χ2n) is 1.62. The van der Waals surface area contributed by atoms with Crippen LogP contribution in [0, 0.1) is 20.2 Å². The van der Waals surface area contributed by atoms with Crippen LogP contribution in [-0.4, -0.2) is 28.2 Å². The minimum absolute atomic E-state index is 0.0851. The number of hydrogen-bond acceptors (Lipinski definition) is 6. The summed E-state index contributed by atoms with van der Waals surface area (Å²) >= 11 is 2.86. The molecule has 1 unspecified atom stereocenters. The summed E-state index contributed by atoms with van der Waals surface area (Å²) in [5.41, 5.74) is 0. The third-order valence-electron chi connectivity index (χ3n) is 0.773. The highest BCUT2D eigenvalue weighted by molar-refractivity contribution is 9.09. The van der Waals surface area contributed by atoms with Crippen LogP contribution in [0.4, 0.5) is 0 Å². The van der Waals surface area contributed by atoms with Gasteiger partial charge in [-0.1, -0.05) is 15.9 Å². The molecular weight excluding hydrogens is 240 g/mol. The second-order valence-corrected chi connectivity index (χ2v) is 2.27. The molecule has 0 radical (unpaired) electrons. The van der Waals surface area contributed by atoms with E-state index in [-0.39, 0.29) is 5.33 Å². The molecule has 0 saturated carbocycles. The maximum Gasteiger partial charge on any atom is 0.294 e. The summed E-state index contributed by atoms with van der Waals surface area (Å²) in [4.78, 5) is 27.3. The van der Waals surface area contributed by atoms with Gasteiger partial charge in [-0.25, -0.2) is 0 Å². The number of nitrogens with zero attached hydrogens (tertiary/aromatic N) is 2. The van der Waals surface area contributed by atoms with Crippen LogP contribution in [0.5, 0.6) is 0 Å². The van der Waals surface area contributed by atoms with E-state index >= 15 is 0 Å². The van der Waals surface area contributed by atoms with Gasteiger partial charge >= 0.3 is 0 Å². The average molecular weight is 245 g/mol. The van der Waals surface area contributed by atoms with E-state index in [0.717, 1.165) is 0 Å². The van der Waals surface area contributed by atoms with Gasteiger partial charge in [0, 0.05) is 5.33 Å². The van der Waals surface area contributed by atoms with Gasteiger partial charge in [-0.2, -0.15) is 0 Å². The monoisotopic (exact) mass is 244 g/mol. The highest BCUT2D eigenvalue weighted by Crippen LogP contribution is 1.98. The van der Waals surface area contributed by atoms with Gasteiger partial charge in [-0.05, 0) is 0 Å². The predicted octanol–water partition coefficient (Wildman–Crippen LogP) is 0.166. The quantitative estimate of drug-likeness (QED) is 0.375. The molecule has 0 amide bonds. The Hall–Kier alpha value is -1.12. The fraction of sp³-hybridized carbons (Fsp3) is 1.00. The van der Waals surface area contributed by atoms with Crippen molar-refractivity contribution in [1.82, 2.24) is 0 Å². The first-order chi connectivity index (χ1) is 5.56. The van der Waals surface area contributed by atoms with Gasteiger partial charge in [0.1, 0.15) is 12.7 Å². The summed E-state index contributed by atoms with van der Waals surface area (Å²) < 4.78 is 0. The molecule has 0 aromatic heterocycles. The Morgan fingerprint density at radius 2 is 1.92 bits per heavy atom. The summed E-state index contributed by atoms with van der Waals surface area (Å²) in [7, 11) is 0. The molecule has 0 aromatic carbocycles. The topological polar surface area (TPSA) is 105 Å². The zero-order valence-corrected chi connectivity index (χ0v) is 7.30. The van der Waals surface area contributed by atoms with Crippen molar-refractivity contribution in [3.05, 3.63) is 20.2 Å².